The summed E-state index contributed by atoms with van der Waals surface area (Å²) < 4.78 is 28.8. The van der Waals surface area contributed by atoms with Crippen LogP contribution in [0.25, 0.3) is 0 Å². The van der Waals surface area contributed by atoms with Crippen molar-refractivity contribution in [2.24, 2.45) is 7.05 Å². The van der Waals surface area contributed by atoms with Crippen LogP contribution < -0.4 is 4.72 Å². The third kappa shape index (κ3) is 3.62. The van der Waals surface area contributed by atoms with Crippen molar-refractivity contribution in [2.75, 3.05) is 5.88 Å². The van der Waals surface area contributed by atoms with E-state index in [-0.39, 0.29) is 11.4 Å². The second kappa shape index (κ2) is 6.43. The molecule has 1 aromatic heterocycles. The molecule has 0 bridgehead atoms. The summed E-state index contributed by atoms with van der Waals surface area (Å²) in [7, 11) is -1.60. The lowest BCUT2D eigenvalue weighted by atomic mass is 10.2. The van der Waals surface area contributed by atoms with E-state index in [4.69, 9.17) is 11.6 Å². The van der Waals surface area contributed by atoms with E-state index < -0.39 is 10.0 Å². The molecule has 6 heteroatoms. The molecule has 0 aliphatic rings. The van der Waals surface area contributed by atoms with Crippen LogP contribution in [0, 0.1) is 0 Å². The van der Waals surface area contributed by atoms with E-state index in [9.17, 15) is 8.42 Å². The molecular formula is C14H17ClN2O2S. The highest BCUT2D eigenvalue weighted by atomic mass is 35.5. The molecule has 1 heterocycles. The quantitative estimate of drug-likeness (QED) is 0.832. The van der Waals surface area contributed by atoms with Crippen LogP contribution >= 0.6 is 11.6 Å². The highest BCUT2D eigenvalue weighted by Gasteiger charge is 2.13. The van der Waals surface area contributed by atoms with Gasteiger partial charge in [0.1, 0.15) is 0 Å². The Morgan fingerprint density at radius 3 is 2.45 bits per heavy atom. The van der Waals surface area contributed by atoms with Gasteiger partial charge in [-0.15, -0.1) is 11.6 Å². The van der Waals surface area contributed by atoms with E-state index in [1.807, 2.05) is 29.9 Å². The van der Waals surface area contributed by atoms with Gasteiger partial charge in [0.25, 0.3) is 0 Å². The van der Waals surface area contributed by atoms with E-state index in [0.29, 0.717) is 5.88 Å². The van der Waals surface area contributed by atoms with Gasteiger partial charge < -0.3 is 4.57 Å². The minimum absolute atomic E-state index is 0.269. The largest absolute Gasteiger partial charge is 0.353 e. The first-order valence-corrected chi connectivity index (χ1v) is 8.29. The van der Waals surface area contributed by atoms with Gasteiger partial charge in [-0.1, -0.05) is 12.1 Å². The third-order valence-corrected chi connectivity index (χ3v) is 4.72. The van der Waals surface area contributed by atoms with Gasteiger partial charge in [0.15, 0.2) is 0 Å². The predicted molar refractivity (Wildman–Crippen MR) is 80.3 cm³/mol. The molecule has 1 aromatic carbocycles. The van der Waals surface area contributed by atoms with Gasteiger partial charge in [0, 0.05) is 24.8 Å². The van der Waals surface area contributed by atoms with Crippen LogP contribution in [-0.2, 0) is 30.0 Å². The minimum Gasteiger partial charge on any atom is -0.353 e. The van der Waals surface area contributed by atoms with E-state index in [0.717, 1.165) is 17.7 Å². The van der Waals surface area contributed by atoms with E-state index in [2.05, 4.69) is 4.72 Å². The number of alkyl halides is 1. The summed E-state index contributed by atoms with van der Waals surface area (Å²) in [5, 5.41) is 0. The van der Waals surface area contributed by atoms with E-state index >= 15 is 0 Å². The van der Waals surface area contributed by atoms with Crippen LogP contribution in [0.4, 0.5) is 0 Å². The molecule has 0 radical (unpaired) electrons. The Bertz CT molecular complexity index is 663. The molecule has 0 atom stereocenters. The highest BCUT2D eigenvalue weighted by molar-refractivity contribution is 7.89. The van der Waals surface area contributed by atoms with Crippen molar-refractivity contribution in [3.63, 3.8) is 0 Å². The second-order valence-corrected chi connectivity index (χ2v) is 6.66. The zero-order valence-electron chi connectivity index (χ0n) is 11.2. The second-order valence-electron chi connectivity index (χ2n) is 4.52. The molecule has 0 amide bonds. The Kier molecular flexibility index (Phi) is 4.86. The summed E-state index contributed by atoms with van der Waals surface area (Å²) in [6.07, 6.45) is 2.61. The molecule has 2 aromatic rings. The number of nitrogens with zero attached hydrogens (tertiary/aromatic N) is 1. The lowest BCUT2D eigenvalue weighted by Crippen LogP contribution is -2.24. The van der Waals surface area contributed by atoms with Crippen molar-refractivity contribution in [3.05, 3.63) is 53.9 Å². The van der Waals surface area contributed by atoms with Crippen LogP contribution in [0.5, 0.6) is 0 Å². The molecule has 0 saturated carbocycles. The number of hydrogen-bond donors (Lipinski definition) is 1. The normalized spacial score (nSPS) is 11.7. The number of aryl methyl sites for hydroxylation is 2. The molecule has 0 saturated heterocycles. The average molecular weight is 313 g/mol. The maximum absolute atomic E-state index is 12.2. The number of aromatic nitrogens is 1. The summed E-state index contributed by atoms with van der Waals surface area (Å²) in [4.78, 5) is 0.269. The molecule has 0 aliphatic heterocycles. The van der Waals surface area contributed by atoms with Crippen LogP contribution in [0.15, 0.2) is 47.5 Å². The highest BCUT2D eigenvalue weighted by Crippen LogP contribution is 2.12. The van der Waals surface area contributed by atoms with Crippen molar-refractivity contribution in [1.82, 2.24) is 9.29 Å². The van der Waals surface area contributed by atoms with Gasteiger partial charge >= 0.3 is 0 Å². The number of sulfonamides is 1. The van der Waals surface area contributed by atoms with Crippen molar-refractivity contribution in [3.8, 4) is 0 Å². The molecule has 4 nitrogen and oxygen atoms in total. The molecule has 108 valence electrons. The smallest absolute Gasteiger partial charge is 0.240 e. The molecule has 1 N–H and O–H groups in total. The van der Waals surface area contributed by atoms with Crippen molar-refractivity contribution in [1.29, 1.82) is 0 Å². The monoisotopic (exact) mass is 312 g/mol. The fraction of sp³-hybridized carbons (Fsp3) is 0.286. The van der Waals surface area contributed by atoms with Gasteiger partial charge in [0.05, 0.1) is 11.4 Å². The number of nitrogens with one attached hydrogen (secondary N) is 1. The Balaban J connectivity index is 2.08. The molecule has 0 unspecified atom stereocenters. The van der Waals surface area contributed by atoms with Gasteiger partial charge in [-0.2, -0.15) is 0 Å². The first-order valence-electron chi connectivity index (χ1n) is 6.28. The fourth-order valence-electron chi connectivity index (χ4n) is 1.88. The molecular weight excluding hydrogens is 296 g/mol. The third-order valence-electron chi connectivity index (χ3n) is 3.11. The zero-order chi connectivity index (χ0) is 14.6. The predicted octanol–water partition coefficient (Wildman–Crippen LogP) is 2.28. The molecule has 2 rings (SSSR count). The Hall–Kier alpha value is -1.30. The maximum Gasteiger partial charge on any atom is 0.240 e. The summed E-state index contributed by atoms with van der Waals surface area (Å²) in [6, 6.07) is 10.6. The number of hydrogen-bond acceptors (Lipinski definition) is 2. The van der Waals surface area contributed by atoms with Crippen molar-refractivity contribution >= 4 is 21.6 Å². The molecule has 0 aliphatic carbocycles. The lowest BCUT2D eigenvalue weighted by molar-refractivity contribution is 0.579. The van der Waals surface area contributed by atoms with Crippen LogP contribution in [-0.4, -0.2) is 18.9 Å². The average Bonchev–Trinajstić information content (AvgIpc) is 2.83. The van der Waals surface area contributed by atoms with Gasteiger partial charge in [0.2, 0.25) is 10.0 Å². The fourth-order valence-corrected chi connectivity index (χ4v) is 3.09. The molecule has 20 heavy (non-hydrogen) atoms. The minimum atomic E-state index is -3.48. The number of halogens is 1. The summed E-state index contributed by atoms with van der Waals surface area (Å²) in [6.45, 7) is 0.273. The molecule has 0 spiro atoms. The first-order chi connectivity index (χ1) is 9.53. The first kappa shape index (κ1) is 15.1. The Morgan fingerprint density at radius 2 is 1.90 bits per heavy atom. The Morgan fingerprint density at radius 1 is 1.20 bits per heavy atom. The van der Waals surface area contributed by atoms with Crippen LogP contribution in [0.3, 0.4) is 0 Å². The van der Waals surface area contributed by atoms with Gasteiger partial charge in [-0.3, -0.25) is 0 Å². The van der Waals surface area contributed by atoms with Crippen molar-refractivity contribution in [2.45, 2.75) is 17.9 Å². The van der Waals surface area contributed by atoms with E-state index in [1.54, 1.807) is 24.3 Å². The van der Waals surface area contributed by atoms with Gasteiger partial charge in [-0.25, -0.2) is 13.1 Å². The molecule has 0 fully saturated rings. The van der Waals surface area contributed by atoms with E-state index in [1.165, 1.54) is 0 Å². The van der Waals surface area contributed by atoms with Crippen LogP contribution in [0.1, 0.15) is 11.3 Å². The SMILES string of the molecule is Cn1cccc1CNS(=O)(=O)c1ccc(CCCl)cc1. The lowest BCUT2D eigenvalue weighted by Gasteiger charge is -2.08. The Labute approximate surface area is 124 Å². The van der Waals surface area contributed by atoms with Crippen molar-refractivity contribution < 1.29 is 8.42 Å². The zero-order valence-corrected chi connectivity index (χ0v) is 12.8. The van der Waals surface area contributed by atoms with Gasteiger partial charge in [-0.05, 0) is 36.2 Å². The topological polar surface area (TPSA) is 51.1 Å². The summed E-state index contributed by atoms with van der Waals surface area (Å²) in [5.74, 6) is 0.526. The number of rotatable bonds is 6. The summed E-state index contributed by atoms with van der Waals surface area (Å²) >= 11 is 5.65. The number of benzene rings is 1. The summed E-state index contributed by atoms with van der Waals surface area (Å²) in [5.41, 5.74) is 1.94. The maximum atomic E-state index is 12.2. The van der Waals surface area contributed by atoms with Crippen LogP contribution in [0.2, 0.25) is 0 Å². The standard InChI is InChI=1S/C14H17ClN2O2S/c1-17-10-2-3-13(17)11-16-20(18,19)14-6-4-12(5-7-14)8-9-15/h2-7,10,16H,8-9,11H2,1H3.